The molecule has 1 aromatic carbocycles. The lowest BCUT2D eigenvalue weighted by molar-refractivity contribution is -0.219. The van der Waals surface area contributed by atoms with Gasteiger partial charge in [0, 0.05) is 13.1 Å². The number of ketones is 1. The molecule has 26 heavy (non-hydrogen) atoms. The summed E-state index contributed by atoms with van der Waals surface area (Å²) < 4.78 is 0. The number of benzene rings is 1. The van der Waals surface area contributed by atoms with Crippen molar-refractivity contribution in [2.24, 2.45) is 0 Å². The normalized spacial score (nSPS) is 23.3. The number of nitrogens with zero attached hydrogens (tertiary/aromatic N) is 2. The third kappa shape index (κ3) is 2.59. The van der Waals surface area contributed by atoms with Crippen molar-refractivity contribution >= 4 is 11.7 Å². The molecule has 0 saturated carbocycles. The Hall–Kier alpha value is -1.76. The van der Waals surface area contributed by atoms with Crippen LogP contribution in [-0.4, -0.2) is 54.7 Å². The van der Waals surface area contributed by atoms with Crippen molar-refractivity contribution in [1.29, 1.82) is 0 Å². The summed E-state index contributed by atoms with van der Waals surface area (Å²) in [6, 6.07) is 2.06. The largest absolute Gasteiger partial charge is 0.302 e. The van der Waals surface area contributed by atoms with E-state index in [1.165, 1.54) is 17.7 Å². The molecule has 0 bridgehead atoms. The van der Waals surface area contributed by atoms with Crippen LogP contribution >= 0.6 is 0 Å². The maximum Gasteiger partial charge on any atom is 0.262 e. The maximum absolute atomic E-state index is 13.6. The maximum atomic E-state index is 13.6. The van der Waals surface area contributed by atoms with Crippen molar-refractivity contribution in [2.45, 2.75) is 52.0 Å². The molecule has 2 saturated heterocycles. The lowest BCUT2D eigenvalue weighted by Crippen LogP contribution is -2.55. The van der Waals surface area contributed by atoms with E-state index in [1.807, 2.05) is 25.8 Å². The Bertz CT molecular complexity index is 751. The molecule has 2 aliphatic heterocycles. The fraction of sp³-hybridized carbons (Fsp3) is 0.600. The van der Waals surface area contributed by atoms with Gasteiger partial charge in [-0.05, 0) is 68.4 Å². The molecular formula is C20H28N2O4. The Morgan fingerprint density at radius 2 is 1.58 bits per heavy atom. The van der Waals surface area contributed by atoms with Gasteiger partial charge in [0.15, 0.2) is 5.78 Å². The third-order valence-corrected chi connectivity index (χ3v) is 6.25. The highest BCUT2D eigenvalue weighted by Crippen LogP contribution is 2.45. The van der Waals surface area contributed by atoms with Crippen molar-refractivity contribution < 1.29 is 19.3 Å². The van der Waals surface area contributed by atoms with Gasteiger partial charge >= 0.3 is 0 Å². The Balaban J connectivity index is 2.08. The summed E-state index contributed by atoms with van der Waals surface area (Å²) in [5.74, 6) is -1.09. The monoisotopic (exact) mass is 360 g/mol. The summed E-state index contributed by atoms with van der Waals surface area (Å²) in [4.78, 5) is 37.5. The van der Waals surface area contributed by atoms with Crippen LogP contribution in [0, 0.1) is 27.7 Å². The zero-order valence-electron chi connectivity index (χ0n) is 16.5. The van der Waals surface area contributed by atoms with Crippen molar-refractivity contribution in [3.63, 3.8) is 0 Å². The van der Waals surface area contributed by atoms with Crippen molar-refractivity contribution in [3.8, 4) is 0 Å². The first-order valence-corrected chi connectivity index (χ1v) is 9.07. The number of carbonyl (C=O) groups is 2. The highest BCUT2D eigenvalue weighted by atomic mass is 16.7. The molecule has 6 heteroatoms. The third-order valence-electron chi connectivity index (χ3n) is 6.25. The first kappa shape index (κ1) is 19.0. The van der Waals surface area contributed by atoms with E-state index in [9.17, 15) is 9.59 Å². The fourth-order valence-electron chi connectivity index (χ4n) is 4.57. The molecule has 0 aromatic heterocycles. The number of aryl methyl sites for hydroxylation is 2. The molecular weight excluding hydrogens is 332 g/mol. The van der Waals surface area contributed by atoms with Gasteiger partial charge in [0.2, 0.25) is 0 Å². The molecule has 0 N–H and O–H groups in total. The van der Waals surface area contributed by atoms with Crippen molar-refractivity contribution in [1.82, 2.24) is 10.1 Å². The second-order valence-corrected chi connectivity index (χ2v) is 7.43. The standard InChI is InChI=1S/C20H28N2O4/c1-12-11-13(2)16(15(4)14(12)3)17-18(23)20(22(26-6)19(17)24)7-9-21(25-5)10-8-20/h11,17H,7-10H2,1-6H3. The fourth-order valence-corrected chi connectivity index (χ4v) is 4.57. The molecule has 1 spiro atoms. The topological polar surface area (TPSA) is 59.1 Å². The lowest BCUT2D eigenvalue weighted by Gasteiger charge is -2.40. The number of hydrogen-bond donors (Lipinski definition) is 0. The zero-order chi connectivity index (χ0) is 19.2. The molecule has 142 valence electrons. The van der Waals surface area contributed by atoms with E-state index in [4.69, 9.17) is 9.68 Å². The van der Waals surface area contributed by atoms with Crippen LogP contribution in [0.2, 0.25) is 0 Å². The molecule has 1 aromatic rings. The van der Waals surface area contributed by atoms with Crippen molar-refractivity contribution in [3.05, 3.63) is 33.9 Å². The van der Waals surface area contributed by atoms with Gasteiger partial charge in [0.25, 0.3) is 5.91 Å². The van der Waals surface area contributed by atoms with Crippen LogP contribution in [0.5, 0.6) is 0 Å². The highest BCUT2D eigenvalue weighted by molar-refractivity contribution is 6.17. The van der Waals surface area contributed by atoms with Gasteiger partial charge in [-0.25, -0.2) is 5.06 Å². The van der Waals surface area contributed by atoms with Crippen LogP contribution in [0.1, 0.15) is 46.6 Å². The zero-order valence-corrected chi connectivity index (χ0v) is 16.5. The minimum atomic E-state index is -0.900. The predicted octanol–water partition coefficient (Wildman–Crippen LogP) is 2.37. The highest BCUT2D eigenvalue weighted by Gasteiger charge is 2.60. The summed E-state index contributed by atoms with van der Waals surface area (Å²) in [6.45, 7) is 9.26. The minimum Gasteiger partial charge on any atom is -0.302 e. The Kier molecular flexibility index (Phi) is 4.94. The summed E-state index contributed by atoms with van der Waals surface area (Å²) in [5, 5.41) is 3.15. The predicted molar refractivity (Wildman–Crippen MR) is 97.5 cm³/mol. The number of rotatable bonds is 3. The van der Waals surface area contributed by atoms with Crippen LogP contribution < -0.4 is 0 Å². The number of Topliss-reactive ketones (excluding diaryl/α,β-unsaturated/α-hetero) is 1. The van der Waals surface area contributed by atoms with Gasteiger partial charge in [0.05, 0.1) is 14.2 Å². The summed E-state index contributed by atoms with van der Waals surface area (Å²) in [5.41, 5.74) is 4.26. The molecule has 2 aliphatic rings. The SMILES string of the molecule is CON1CCC2(CC1)C(=O)C(c1c(C)cc(C)c(C)c1C)C(=O)N2OC. The van der Waals surface area contributed by atoms with Crippen LogP contribution in [0.4, 0.5) is 0 Å². The van der Waals surface area contributed by atoms with E-state index in [1.54, 1.807) is 7.11 Å². The van der Waals surface area contributed by atoms with Gasteiger partial charge in [-0.2, -0.15) is 5.06 Å². The molecule has 2 fully saturated rings. The average molecular weight is 360 g/mol. The van der Waals surface area contributed by atoms with E-state index < -0.39 is 11.5 Å². The molecule has 2 heterocycles. The number of carbonyl (C=O) groups excluding carboxylic acids is 2. The summed E-state index contributed by atoms with van der Waals surface area (Å²) in [6.07, 6.45) is 1.03. The Labute approximate surface area is 155 Å². The second kappa shape index (κ2) is 6.76. The number of hydroxylamine groups is 4. The Morgan fingerprint density at radius 1 is 0.962 bits per heavy atom. The summed E-state index contributed by atoms with van der Waals surface area (Å²) in [7, 11) is 3.09. The van der Waals surface area contributed by atoms with Crippen LogP contribution in [0.3, 0.4) is 0 Å². The second-order valence-electron chi connectivity index (χ2n) is 7.43. The molecule has 1 unspecified atom stereocenters. The van der Waals surface area contributed by atoms with Crippen molar-refractivity contribution in [2.75, 3.05) is 27.3 Å². The molecule has 0 radical (unpaired) electrons. The first-order valence-electron chi connectivity index (χ1n) is 9.07. The summed E-state index contributed by atoms with van der Waals surface area (Å²) >= 11 is 0. The van der Waals surface area contributed by atoms with Gasteiger partial charge in [-0.3, -0.25) is 14.4 Å². The molecule has 1 amide bonds. The van der Waals surface area contributed by atoms with E-state index in [-0.39, 0.29) is 11.7 Å². The lowest BCUT2D eigenvalue weighted by atomic mass is 9.78. The first-order chi connectivity index (χ1) is 12.3. The van der Waals surface area contributed by atoms with E-state index >= 15 is 0 Å². The number of hydrogen-bond acceptors (Lipinski definition) is 5. The van der Waals surface area contributed by atoms with Gasteiger partial charge in [0.1, 0.15) is 11.5 Å². The molecule has 0 aliphatic carbocycles. The van der Waals surface area contributed by atoms with Gasteiger partial charge < -0.3 is 4.84 Å². The Morgan fingerprint density at radius 3 is 2.12 bits per heavy atom. The molecule has 3 rings (SSSR count). The smallest absolute Gasteiger partial charge is 0.262 e. The molecule has 1 atom stereocenters. The van der Waals surface area contributed by atoms with Gasteiger partial charge in [-0.1, -0.05) is 6.07 Å². The van der Waals surface area contributed by atoms with Crippen LogP contribution in [-0.2, 0) is 19.3 Å². The quantitative estimate of drug-likeness (QED) is 0.775. The van der Waals surface area contributed by atoms with Gasteiger partial charge in [-0.15, -0.1) is 0 Å². The molecule has 6 nitrogen and oxygen atoms in total. The number of piperidine rings is 1. The van der Waals surface area contributed by atoms with E-state index in [0.29, 0.717) is 25.9 Å². The van der Waals surface area contributed by atoms with Crippen LogP contribution in [0.25, 0.3) is 0 Å². The van der Waals surface area contributed by atoms with E-state index in [0.717, 1.165) is 22.3 Å². The minimum absolute atomic E-state index is 0.0467. The number of amides is 1. The average Bonchev–Trinajstić information content (AvgIpc) is 2.82. The van der Waals surface area contributed by atoms with E-state index in [2.05, 4.69) is 13.0 Å². The van der Waals surface area contributed by atoms with Crippen LogP contribution in [0.15, 0.2) is 6.07 Å².